The number of hydrogen-bond donors (Lipinski definition) is 1. The summed E-state index contributed by atoms with van der Waals surface area (Å²) in [6.07, 6.45) is 1.44. The quantitative estimate of drug-likeness (QED) is 0.921. The van der Waals surface area contributed by atoms with Gasteiger partial charge in [0.1, 0.15) is 0 Å². The first kappa shape index (κ1) is 12.5. The van der Waals surface area contributed by atoms with Gasteiger partial charge in [-0.2, -0.15) is 5.10 Å². The van der Waals surface area contributed by atoms with Crippen LogP contribution < -0.4 is 5.43 Å². The summed E-state index contributed by atoms with van der Waals surface area (Å²) >= 11 is 3.39. The Morgan fingerprint density at radius 1 is 1.39 bits per heavy atom. The molecule has 0 saturated carbocycles. The van der Waals surface area contributed by atoms with Crippen molar-refractivity contribution in [3.8, 4) is 5.69 Å². The molecule has 18 heavy (non-hydrogen) atoms. The fourth-order valence-electron chi connectivity index (χ4n) is 1.42. The van der Waals surface area contributed by atoms with Crippen LogP contribution in [0.3, 0.4) is 0 Å². The van der Waals surface area contributed by atoms with Crippen LogP contribution >= 0.6 is 15.9 Å². The second kappa shape index (κ2) is 4.73. The van der Waals surface area contributed by atoms with Gasteiger partial charge in [0.25, 0.3) is 0 Å². The van der Waals surface area contributed by atoms with Gasteiger partial charge in [-0.25, -0.2) is 9.48 Å². The molecule has 0 aliphatic carbocycles. The van der Waals surface area contributed by atoms with Crippen molar-refractivity contribution in [2.24, 2.45) is 0 Å². The molecular weight excluding hydrogens is 300 g/mol. The summed E-state index contributed by atoms with van der Waals surface area (Å²) in [4.78, 5) is 22.1. The van der Waals surface area contributed by atoms with Crippen molar-refractivity contribution in [2.75, 3.05) is 0 Å². The van der Waals surface area contributed by atoms with Gasteiger partial charge in [-0.1, -0.05) is 22.0 Å². The highest BCUT2D eigenvalue weighted by Gasteiger charge is 2.11. The van der Waals surface area contributed by atoms with Crippen LogP contribution in [-0.4, -0.2) is 20.9 Å². The van der Waals surface area contributed by atoms with Crippen LogP contribution in [0.5, 0.6) is 0 Å². The third-order valence-electron chi connectivity index (χ3n) is 2.43. The molecule has 1 N–H and O–H groups in total. The fraction of sp³-hybridized carbons (Fsp3) is 0.0833. The van der Waals surface area contributed by atoms with Gasteiger partial charge in [0.2, 0.25) is 11.1 Å². The first-order valence-electron chi connectivity index (χ1n) is 5.09. The van der Waals surface area contributed by atoms with E-state index in [1.807, 2.05) is 13.0 Å². The van der Waals surface area contributed by atoms with Gasteiger partial charge < -0.3 is 5.11 Å². The molecule has 0 bridgehead atoms. The van der Waals surface area contributed by atoms with E-state index in [0.717, 1.165) is 10.0 Å². The molecule has 0 atom stereocenters. The number of halogens is 1. The maximum Gasteiger partial charge on any atom is 0.360 e. The van der Waals surface area contributed by atoms with Crippen LogP contribution in [0.15, 0.2) is 39.7 Å². The minimum Gasteiger partial charge on any atom is -0.476 e. The van der Waals surface area contributed by atoms with E-state index < -0.39 is 17.1 Å². The van der Waals surface area contributed by atoms with Gasteiger partial charge in [0.15, 0.2) is 0 Å². The molecule has 2 rings (SSSR count). The topological polar surface area (TPSA) is 72.2 Å². The minimum atomic E-state index is -1.33. The zero-order valence-corrected chi connectivity index (χ0v) is 11.0. The van der Waals surface area contributed by atoms with Gasteiger partial charge >= 0.3 is 5.97 Å². The number of hydrogen-bond acceptors (Lipinski definition) is 3. The third kappa shape index (κ3) is 2.33. The van der Waals surface area contributed by atoms with E-state index in [2.05, 4.69) is 21.0 Å². The Hall–Kier alpha value is -1.95. The monoisotopic (exact) mass is 308 g/mol. The average Bonchev–Trinajstić information content (AvgIpc) is 2.33. The molecule has 5 nitrogen and oxygen atoms in total. The molecule has 0 radical (unpaired) electrons. The number of benzene rings is 1. The molecule has 0 aliphatic rings. The summed E-state index contributed by atoms with van der Waals surface area (Å²) in [5.41, 5.74) is 0.632. The lowest BCUT2D eigenvalue weighted by molar-refractivity contribution is 0.0687. The predicted molar refractivity (Wildman–Crippen MR) is 69.2 cm³/mol. The van der Waals surface area contributed by atoms with Crippen LogP contribution in [0, 0.1) is 6.92 Å². The van der Waals surface area contributed by atoms with E-state index in [1.54, 1.807) is 12.1 Å². The number of aryl methyl sites for hydroxylation is 1. The first-order valence-corrected chi connectivity index (χ1v) is 5.88. The molecule has 0 unspecified atom stereocenters. The molecule has 1 heterocycles. The molecule has 0 fully saturated rings. The van der Waals surface area contributed by atoms with Crippen LogP contribution in [0.2, 0.25) is 0 Å². The number of carboxylic acids is 1. The number of nitrogens with zero attached hydrogens (tertiary/aromatic N) is 2. The molecule has 0 aliphatic heterocycles. The second-order valence-electron chi connectivity index (χ2n) is 3.71. The van der Waals surface area contributed by atoms with Crippen LogP contribution in [0.1, 0.15) is 16.1 Å². The zero-order chi connectivity index (χ0) is 13.3. The van der Waals surface area contributed by atoms with Crippen LogP contribution in [0.25, 0.3) is 5.69 Å². The van der Waals surface area contributed by atoms with Crippen molar-refractivity contribution >= 4 is 21.9 Å². The number of carboxylic acid groups (broad SMARTS) is 1. The maximum atomic E-state index is 11.3. The molecule has 1 aromatic carbocycles. The summed E-state index contributed by atoms with van der Waals surface area (Å²) < 4.78 is 2.24. The summed E-state index contributed by atoms with van der Waals surface area (Å²) in [5.74, 6) is -1.33. The molecule has 92 valence electrons. The molecule has 0 spiro atoms. The largest absolute Gasteiger partial charge is 0.476 e. The highest BCUT2D eigenvalue weighted by atomic mass is 79.9. The van der Waals surface area contributed by atoms with Gasteiger partial charge in [-0.15, -0.1) is 0 Å². The summed E-state index contributed by atoms with van der Waals surface area (Å²) in [5, 5.41) is 12.6. The van der Waals surface area contributed by atoms with Gasteiger partial charge in [0, 0.05) is 16.7 Å². The molecule has 1 aromatic heterocycles. The first-order chi connectivity index (χ1) is 8.49. The lowest BCUT2D eigenvalue weighted by Crippen LogP contribution is -2.20. The van der Waals surface area contributed by atoms with E-state index in [1.165, 1.54) is 16.9 Å². The van der Waals surface area contributed by atoms with Gasteiger partial charge in [-0.05, 0) is 24.6 Å². The Balaban J connectivity index is 2.57. The normalized spacial score (nSPS) is 10.3. The van der Waals surface area contributed by atoms with E-state index in [9.17, 15) is 9.59 Å². The highest BCUT2D eigenvalue weighted by molar-refractivity contribution is 9.10. The van der Waals surface area contributed by atoms with Crippen molar-refractivity contribution < 1.29 is 9.90 Å². The standard InChI is InChI=1S/C12H9BrN2O3/c1-7-2-3-8(6-9(7)13)15-5-4-10(16)11(14-15)12(17)18/h2-6H,1H3,(H,17,18). The van der Waals surface area contributed by atoms with Crippen LogP contribution in [-0.2, 0) is 0 Å². The number of rotatable bonds is 2. The van der Waals surface area contributed by atoms with E-state index in [4.69, 9.17) is 5.11 Å². The molecule has 0 saturated heterocycles. The highest BCUT2D eigenvalue weighted by Crippen LogP contribution is 2.19. The predicted octanol–water partition coefficient (Wildman–Crippen LogP) is 2.00. The van der Waals surface area contributed by atoms with Crippen LogP contribution in [0.4, 0.5) is 0 Å². The Kier molecular flexibility index (Phi) is 3.29. The molecule has 0 amide bonds. The smallest absolute Gasteiger partial charge is 0.360 e. The number of aromatic carboxylic acids is 1. The van der Waals surface area contributed by atoms with E-state index in [-0.39, 0.29) is 0 Å². The van der Waals surface area contributed by atoms with E-state index >= 15 is 0 Å². The maximum absolute atomic E-state index is 11.3. The van der Waals surface area contributed by atoms with Gasteiger partial charge in [-0.3, -0.25) is 4.79 Å². The van der Waals surface area contributed by atoms with Crippen molar-refractivity contribution in [3.63, 3.8) is 0 Å². The summed E-state index contributed by atoms with van der Waals surface area (Å²) in [7, 11) is 0. The zero-order valence-electron chi connectivity index (χ0n) is 9.42. The van der Waals surface area contributed by atoms with E-state index in [0.29, 0.717) is 5.69 Å². The van der Waals surface area contributed by atoms with Crippen molar-refractivity contribution in [2.45, 2.75) is 6.92 Å². The molecular formula is C12H9BrN2O3. The minimum absolute atomic E-state index is 0.491. The third-order valence-corrected chi connectivity index (χ3v) is 3.29. The molecule has 2 aromatic rings. The second-order valence-corrected chi connectivity index (χ2v) is 4.57. The van der Waals surface area contributed by atoms with Crippen molar-refractivity contribution in [1.82, 2.24) is 9.78 Å². The lowest BCUT2D eigenvalue weighted by Gasteiger charge is -2.07. The number of carbonyl (C=O) groups is 1. The fourth-order valence-corrected chi connectivity index (χ4v) is 1.79. The molecule has 6 heteroatoms. The lowest BCUT2D eigenvalue weighted by atomic mass is 10.2. The summed E-state index contributed by atoms with van der Waals surface area (Å²) in [6, 6.07) is 6.66. The number of aromatic nitrogens is 2. The Labute approximate surface area is 111 Å². The SMILES string of the molecule is Cc1ccc(-n2ccc(=O)c(C(=O)O)n2)cc1Br. The Morgan fingerprint density at radius 2 is 2.11 bits per heavy atom. The average molecular weight is 309 g/mol. The van der Waals surface area contributed by atoms with Gasteiger partial charge in [0.05, 0.1) is 5.69 Å². The van der Waals surface area contributed by atoms with Crippen molar-refractivity contribution in [1.29, 1.82) is 0 Å². The summed E-state index contributed by atoms with van der Waals surface area (Å²) in [6.45, 7) is 1.94. The Bertz CT molecular complexity index is 679. The van der Waals surface area contributed by atoms with Crippen molar-refractivity contribution in [3.05, 3.63) is 56.4 Å². The Morgan fingerprint density at radius 3 is 2.72 bits per heavy atom.